The van der Waals surface area contributed by atoms with E-state index in [1.807, 2.05) is 25.8 Å². The summed E-state index contributed by atoms with van der Waals surface area (Å²) in [7, 11) is 1.99. The second kappa shape index (κ2) is 12.2. The zero-order valence-corrected chi connectivity index (χ0v) is 24.4. The van der Waals surface area contributed by atoms with Gasteiger partial charge < -0.3 is 19.9 Å². The van der Waals surface area contributed by atoms with Crippen LogP contribution in [-0.2, 0) is 20.9 Å². The Labute approximate surface area is 248 Å². The number of nitrogens with one attached hydrogen (secondary N) is 1. The Kier molecular flexibility index (Phi) is 8.73. The number of halogens is 4. The first-order valence-electron chi connectivity index (χ1n) is 14.2. The molecule has 12 heteroatoms. The van der Waals surface area contributed by atoms with Gasteiger partial charge in [-0.25, -0.2) is 9.38 Å². The molecule has 0 bridgehead atoms. The molecule has 1 N–H and O–H groups in total. The van der Waals surface area contributed by atoms with E-state index in [0.717, 1.165) is 38.0 Å². The van der Waals surface area contributed by atoms with E-state index in [1.165, 1.54) is 6.07 Å². The van der Waals surface area contributed by atoms with Gasteiger partial charge in [0.05, 0.1) is 29.2 Å². The lowest BCUT2D eigenvalue weighted by molar-refractivity contribution is -0.124. The molecule has 0 spiro atoms. The fourth-order valence-corrected chi connectivity index (χ4v) is 5.69. The molecule has 3 heterocycles. The molecule has 5 rings (SSSR count). The van der Waals surface area contributed by atoms with Gasteiger partial charge in [-0.3, -0.25) is 14.5 Å². The number of alkyl halides is 3. The van der Waals surface area contributed by atoms with Gasteiger partial charge in [-0.1, -0.05) is 12.1 Å². The molecule has 1 unspecified atom stereocenters. The Morgan fingerprint density at radius 1 is 1.09 bits per heavy atom. The van der Waals surface area contributed by atoms with Crippen molar-refractivity contribution in [3.63, 3.8) is 0 Å². The number of piperazine rings is 1. The van der Waals surface area contributed by atoms with E-state index in [-0.39, 0.29) is 11.3 Å². The number of carbonyl (C=O) groups excluding carboxylic acids is 2. The standard InChI is InChI=1S/C31H35F4N5O3/c1-30(2)19-39(12-13-43-30)18-20-4-6-25(32)22(14-20)21-5-7-27(40-10-8-38(3)9-11-40)26(15-21)37-29(42)23-17-36-28(41)16-24(23)31(33,34)35/h4-7,14-17,23H,8-13,18-19H2,1-3H3,(H,37,42). The Morgan fingerprint density at radius 3 is 2.53 bits per heavy atom. The van der Waals surface area contributed by atoms with Crippen LogP contribution < -0.4 is 10.2 Å². The van der Waals surface area contributed by atoms with Crippen LogP contribution in [0.3, 0.4) is 0 Å². The molecule has 3 aliphatic rings. The number of dihydropyridines is 1. The van der Waals surface area contributed by atoms with Crippen LogP contribution >= 0.6 is 0 Å². The van der Waals surface area contributed by atoms with Crippen molar-refractivity contribution in [2.45, 2.75) is 32.2 Å². The lowest BCUT2D eigenvalue weighted by atomic mass is 9.95. The van der Waals surface area contributed by atoms with Gasteiger partial charge in [-0.05, 0) is 56.3 Å². The van der Waals surface area contributed by atoms with Crippen molar-refractivity contribution < 1.29 is 31.9 Å². The monoisotopic (exact) mass is 601 g/mol. The van der Waals surface area contributed by atoms with Crippen LogP contribution in [0.4, 0.5) is 28.9 Å². The summed E-state index contributed by atoms with van der Waals surface area (Å²) in [5, 5.41) is 2.64. The minimum absolute atomic E-state index is 0.249. The summed E-state index contributed by atoms with van der Waals surface area (Å²) >= 11 is 0. The van der Waals surface area contributed by atoms with Crippen molar-refractivity contribution in [1.29, 1.82) is 0 Å². The number of ether oxygens (including phenoxy) is 1. The summed E-state index contributed by atoms with van der Waals surface area (Å²) in [4.78, 5) is 34.7. The lowest BCUT2D eigenvalue weighted by Crippen LogP contribution is -2.47. The summed E-state index contributed by atoms with van der Waals surface area (Å²) in [5.74, 6) is -4.33. The van der Waals surface area contributed by atoms with Crippen LogP contribution in [0.25, 0.3) is 11.1 Å². The molecule has 3 aliphatic heterocycles. The van der Waals surface area contributed by atoms with E-state index in [2.05, 4.69) is 20.1 Å². The third-order valence-electron chi connectivity index (χ3n) is 7.93. The van der Waals surface area contributed by atoms with Crippen molar-refractivity contribution in [1.82, 2.24) is 9.80 Å². The summed E-state index contributed by atoms with van der Waals surface area (Å²) in [5.41, 5.74) is 0.959. The van der Waals surface area contributed by atoms with Gasteiger partial charge in [0, 0.05) is 63.7 Å². The molecule has 0 saturated carbocycles. The summed E-state index contributed by atoms with van der Waals surface area (Å²) in [6, 6.07) is 10.00. The molecule has 2 saturated heterocycles. The topological polar surface area (TPSA) is 77.5 Å². The van der Waals surface area contributed by atoms with E-state index in [1.54, 1.807) is 30.3 Å². The third kappa shape index (κ3) is 7.31. The van der Waals surface area contributed by atoms with Crippen LogP contribution in [-0.4, -0.2) is 92.5 Å². The summed E-state index contributed by atoms with van der Waals surface area (Å²) in [6.45, 7) is 9.48. The molecular weight excluding hydrogens is 566 g/mol. The van der Waals surface area contributed by atoms with Crippen molar-refractivity contribution in [3.05, 3.63) is 59.4 Å². The van der Waals surface area contributed by atoms with E-state index in [9.17, 15) is 22.8 Å². The number of carbonyl (C=O) groups is 2. The highest BCUT2D eigenvalue weighted by molar-refractivity contribution is 6.11. The molecule has 2 aromatic rings. The van der Waals surface area contributed by atoms with Gasteiger partial charge in [-0.15, -0.1) is 0 Å². The molecule has 1 atom stereocenters. The first-order chi connectivity index (χ1) is 20.3. The van der Waals surface area contributed by atoms with Gasteiger partial charge in [0.1, 0.15) is 11.7 Å². The number of amides is 2. The maximum atomic E-state index is 15.2. The van der Waals surface area contributed by atoms with Crippen molar-refractivity contribution in [2.75, 3.05) is 63.1 Å². The highest BCUT2D eigenvalue weighted by atomic mass is 19.4. The normalized spacial score (nSPS) is 21.6. The van der Waals surface area contributed by atoms with Gasteiger partial charge in [0.2, 0.25) is 5.91 Å². The number of aliphatic imine (C=N–C) groups is 1. The number of nitrogens with zero attached hydrogens (tertiary/aromatic N) is 4. The number of anilines is 2. The summed E-state index contributed by atoms with van der Waals surface area (Å²) < 4.78 is 62.2. The molecule has 2 fully saturated rings. The molecule has 0 radical (unpaired) electrons. The average Bonchev–Trinajstić information content (AvgIpc) is 2.93. The number of rotatable bonds is 6. The van der Waals surface area contributed by atoms with E-state index in [4.69, 9.17) is 4.74 Å². The zero-order valence-electron chi connectivity index (χ0n) is 24.4. The van der Waals surface area contributed by atoms with Crippen LogP contribution in [0, 0.1) is 11.7 Å². The van der Waals surface area contributed by atoms with Crippen LogP contribution in [0.5, 0.6) is 0 Å². The van der Waals surface area contributed by atoms with Crippen LogP contribution in [0.1, 0.15) is 19.4 Å². The lowest BCUT2D eigenvalue weighted by Gasteiger charge is -2.38. The zero-order chi connectivity index (χ0) is 30.9. The van der Waals surface area contributed by atoms with Crippen LogP contribution in [0.2, 0.25) is 0 Å². The predicted octanol–water partition coefficient (Wildman–Crippen LogP) is 4.51. The first kappa shape index (κ1) is 30.8. The Bertz CT molecular complexity index is 1450. The van der Waals surface area contributed by atoms with Gasteiger partial charge in [0.15, 0.2) is 0 Å². The molecule has 43 heavy (non-hydrogen) atoms. The van der Waals surface area contributed by atoms with E-state index >= 15 is 4.39 Å². The second-order valence-corrected chi connectivity index (χ2v) is 11.8. The number of likely N-dealkylation sites (N-methyl/N-ethyl adjacent to an activating group) is 1. The quantitative estimate of drug-likeness (QED) is 0.492. The fraction of sp³-hybridized carbons (Fsp3) is 0.452. The maximum absolute atomic E-state index is 15.2. The Hall–Kier alpha value is -3.61. The largest absolute Gasteiger partial charge is 0.414 e. The van der Waals surface area contributed by atoms with Gasteiger partial charge >= 0.3 is 6.18 Å². The molecule has 8 nitrogen and oxygen atoms in total. The second-order valence-electron chi connectivity index (χ2n) is 11.8. The Morgan fingerprint density at radius 2 is 1.84 bits per heavy atom. The van der Waals surface area contributed by atoms with E-state index < -0.39 is 35.3 Å². The highest BCUT2D eigenvalue weighted by Crippen LogP contribution is 2.37. The maximum Gasteiger partial charge on any atom is 0.414 e. The first-order valence-corrected chi connectivity index (χ1v) is 14.2. The Balaban J connectivity index is 1.47. The number of morpholine rings is 1. The van der Waals surface area contributed by atoms with E-state index in [0.29, 0.717) is 49.1 Å². The smallest absolute Gasteiger partial charge is 0.373 e. The summed E-state index contributed by atoms with van der Waals surface area (Å²) in [6.07, 6.45) is -3.83. The minimum Gasteiger partial charge on any atom is -0.373 e. The SMILES string of the molecule is CN1CCN(c2ccc(-c3cc(CN4CCOC(C)(C)C4)ccc3F)cc2NC(=O)C2C=NC(=O)C=C2C(F)(F)F)CC1. The highest BCUT2D eigenvalue weighted by Gasteiger charge is 2.43. The van der Waals surface area contributed by atoms with Crippen molar-refractivity contribution in [3.8, 4) is 11.1 Å². The van der Waals surface area contributed by atoms with Gasteiger partial charge in [-0.2, -0.15) is 13.2 Å². The molecular formula is C31H35F4N5O3. The number of hydrogen-bond acceptors (Lipinski definition) is 6. The molecule has 0 aliphatic carbocycles. The molecule has 0 aromatic heterocycles. The minimum atomic E-state index is -4.90. The van der Waals surface area contributed by atoms with Crippen molar-refractivity contribution >= 4 is 29.4 Å². The third-order valence-corrected chi connectivity index (χ3v) is 7.93. The number of benzene rings is 2. The average molecular weight is 602 g/mol. The van der Waals surface area contributed by atoms with Gasteiger partial charge in [0.25, 0.3) is 5.91 Å². The number of hydrogen-bond donors (Lipinski definition) is 1. The van der Waals surface area contributed by atoms with Crippen LogP contribution in [0.15, 0.2) is 53.0 Å². The predicted molar refractivity (Wildman–Crippen MR) is 157 cm³/mol. The molecule has 2 aromatic carbocycles. The molecule has 230 valence electrons. The molecule has 2 amide bonds. The fourth-order valence-electron chi connectivity index (χ4n) is 5.69. The van der Waals surface area contributed by atoms with Crippen molar-refractivity contribution in [2.24, 2.45) is 10.9 Å².